The summed E-state index contributed by atoms with van der Waals surface area (Å²) in [6, 6.07) is 7.26. The fourth-order valence-electron chi connectivity index (χ4n) is 3.26. The normalized spacial score (nSPS) is 14.1. The maximum absolute atomic E-state index is 12.7. The number of anilines is 2. The van der Waals surface area contributed by atoms with E-state index in [2.05, 4.69) is 26.4 Å². The van der Waals surface area contributed by atoms with E-state index in [4.69, 9.17) is 11.6 Å². The molecule has 0 aliphatic carbocycles. The Labute approximate surface area is 172 Å². The number of hydrogen-bond acceptors (Lipinski definition) is 5. The summed E-state index contributed by atoms with van der Waals surface area (Å²) in [5, 5.41) is 10.9. The Hall–Kier alpha value is -2.64. The van der Waals surface area contributed by atoms with Crippen LogP contribution in [-0.2, 0) is 7.05 Å². The minimum atomic E-state index is -0.250. The van der Waals surface area contributed by atoms with Gasteiger partial charge in [-0.05, 0) is 42.7 Å². The lowest BCUT2D eigenvalue weighted by Crippen LogP contribution is -2.29. The van der Waals surface area contributed by atoms with Crippen molar-refractivity contribution in [2.24, 2.45) is 7.05 Å². The molecular formula is C20H20ClN5OS. The molecule has 3 heterocycles. The topological polar surface area (TPSA) is 63.1 Å². The first kappa shape index (κ1) is 18.7. The van der Waals surface area contributed by atoms with E-state index in [1.54, 1.807) is 28.2 Å². The van der Waals surface area contributed by atoms with Crippen LogP contribution in [0.5, 0.6) is 0 Å². The molecule has 1 N–H and O–H groups in total. The van der Waals surface area contributed by atoms with Gasteiger partial charge in [0.1, 0.15) is 0 Å². The smallest absolute Gasteiger partial charge is 0.276 e. The highest BCUT2D eigenvalue weighted by atomic mass is 35.5. The van der Waals surface area contributed by atoms with Crippen molar-refractivity contribution in [2.45, 2.75) is 13.3 Å². The van der Waals surface area contributed by atoms with Crippen molar-refractivity contribution in [3.8, 4) is 0 Å². The van der Waals surface area contributed by atoms with E-state index in [-0.39, 0.29) is 5.91 Å². The Morgan fingerprint density at radius 3 is 2.96 bits per heavy atom. The van der Waals surface area contributed by atoms with E-state index in [0.717, 1.165) is 41.5 Å². The van der Waals surface area contributed by atoms with Crippen LogP contribution in [0.4, 0.5) is 10.8 Å². The van der Waals surface area contributed by atoms with Crippen molar-refractivity contribution in [1.82, 2.24) is 14.8 Å². The zero-order chi connectivity index (χ0) is 19.7. The van der Waals surface area contributed by atoms with Crippen molar-refractivity contribution in [2.75, 3.05) is 23.3 Å². The Morgan fingerprint density at radius 1 is 1.32 bits per heavy atom. The van der Waals surface area contributed by atoms with E-state index in [9.17, 15) is 4.79 Å². The lowest BCUT2D eigenvalue weighted by Gasteiger charge is -2.26. The minimum absolute atomic E-state index is 0.250. The molecule has 8 heteroatoms. The molecule has 0 spiro atoms. The molecule has 28 heavy (non-hydrogen) atoms. The Bertz CT molecular complexity index is 1040. The average Bonchev–Trinajstić information content (AvgIpc) is 3.35. The van der Waals surface area contributed by atoms with Crippen LogP contribution >= 0.6 is 22.9 Å². The molecule has 2 aromatic heterocycles. The highest BCUT2D eigenvalue weighted by molar-refractivity contribution is 7.13. The van der Waals surface area contributed by atoms with Gasteiger partial charge in [-0.2, -0.15) is 5.10 Å². The molecule has 0 saturated heterocycles. The van der Waals surface area contributed by atoms with Crippen LogP contribution in [0.15, 0.2) is 41.9 Å². The van der Waals surface area contributed by atoms with Gasteiger partial charge in [0.2, 0.25) is 0 Å². The molecule has 6 nitrogen and oxygen atoms in total. The van der Waals surface area contributed by atoms with Gasteiger partial charge in [0.25, 0.3) is 5.91 Å². The Kier molecular flexibility index (Phi) is 5.19. The largest absolute Gasteiger partial charge is 0.343 e. The number of amides is 1. The number of nitrogens with zero attached hydrogens (tertiary/aromatic N) is 4. The molecule has 4 rings (SSSR count). The molecule has 0 saturated carbocycles. The van der Waals surface area contributed by atoms with Crippen LogP contribution in [0.1, 0.15) is 28.2 Å². The van der Waals surface area contributed by atoms with Gasteiger partial charge in [-0.15, -0.1) is 11.3 Å². The second-order valence-corrected chi connectivity index (χ2v) is 8.02. The van der Waals surface area contributed by atoms with Gasteiger partial charge in [0.05, 0.1) is 5.69 Å². The SMILES string of the molecule is Cc1ccc(Cl)cc1NC(=O)c1cc(C2=CCCN(c3nccs3)C2)n(C)n1. The number of thiazole rings is 1. The number of nitrogens with one attached hydrogen (secondary N) is 1. The average molecular weight is 414 g/mol. The number of aromatic nitrogens is 3. The predicted molar refractivity (Wildman–Crippen MR) is 114 cm³/mol. The number of halogens is 1. The number of aryl methyl sites for hydroxylation is 2. The summed E-state index contributed by atoms with van der Waals surface area (Å²) in [7, 11) is 1.86. The third-order valence-corrected chi connectivity index (χ3v) is 5.80. The molecular weight excluding hydrogens is 394 g/mol. The zero-order valence-electron chi connectivity index (χ0n) is 15.6. The minimum Gasteiger partial charge on any atom is -0.343 e. The van der Waals surface area contributed by atoms with Crippen LogP contribution in [0.25, 0.3) is 5.57 Å². The second kappa shape index (κ2) is 7.77. The van der Waals surface area contributed by atoms with E-state index in [1.165, 1.54) is 0 Å². The number of hydrogen-bond donors (Lipinski definition) is 1. The molecule has 1 amide bonds. The van der Waals surface area contributed by atoms with Crippen molar-refractivity contribution >= 4 is 45.2 Å². The first-order chi connectivity index (χ1) is 13.5. The first-order valence-electron chi connectivity index (χ1n) is 8.96. The maximum atomic E-state index is 12.7. The monoisotopic (exact) mass is 413 g/mol. The van der Waals surface area contributed by atoms with Gasteiger partial charge in [0, 0.05) is 42.4 Å². The summed E-state index contributed by atoms with van der Waals surface area (Å²) in [5.41, 5.74) is 4.10. The molecule has 0 atom stereocenters. The fraction of sp³-hybridized carbons (Fsp3) is 0.250. The summed E-state index contributed by atoms with van der Waals surface area (Å²) in [6.45, 7) is 3.62. The molecule has 0 fully saturated rings. The van der Waals surface area contributed by atoms with Crippen LogP contribution in [0.2, 0.25) is 5.02 Å². The summed E-state index contributed by atoms with van der Waals surface area (Å²) < 4.78 is 1.76. The third kappa shape index (κ3) is 3.81. The summed E-state index contributed by atoms with van der Waals surface area (Å²) in [5.74, 6) is -0.250. The van der Waals surface area contributed by atoms with Gasteiger partial charge in [0.15, 0.2) is 10.8 Å². The maximum Gasteiger partial charge on any atom is 0.276 e. The Balaban J connectivity index is 1.54. The number of benzene rings is 1. The van der Waals surface area contributed by atoms with E-state index in [1.807, 2.05) is 37.7 Å². The molecule has 0 bridgehead atoms. The van der Waals surface area contributed by atoms with Gasteiger partial charge < -0.3 is 10.2 Å². The molecule has 1 aliphatic rings. The lowest BCUT2D eigenvalue weighted by atomic mass is 10.1. The molecule has 1 aliphatic heterocycles. The number of rotatable bonds is 4. The Morgan fingerprint density at radius 2 is 2.18 bits per heavy atom. The van der Waals surface area contributed by atoms with Crippen molar-refractivity contribution in [3.05, 3.63) is 63.9 Å². The van der Waals surface area contributed by atoms with Gasteiger partial charge in [-0.1, -0.05) is 23.7 Å². The van der Waals surface area contributed by atoms with Gasteiger partial charge >= 0.3 is 0 Å². The third-order valence-electron chi connectivity index (χ3n) is 4.73. The number of carbonyl (C=O) groups excluding carboxylic acids is 1. The van der Waals surface area contributed by atoms with Crippen molar-refractivity contribution in [3.63, 3.8) is 0 Å². The van der Waals surface area contributed by atoms with E-state index < -0.39 is 0 Å². The molecule has 0 unspecified atom stereocenters. The summed E-state index contributed by atoms with van der Waals surface area (Å²) in [4.78, 5) is 19.4. The van der Waals surface area contributed by atoms with Gasteiger partial charge in [-0.3, -0.25) is 9.48 Å². The molecule has 0 radical (unpaired) electrons. The highest BCUT2D eigenvalue weighted by Crippen LogP contribution is 2.27. The quantitative estimate of drug-likeness (QED) is 0.689. The van der Waals surface area contributed by atoms with Crippen molar-refractivity contribution in [1.29, 1.82) is 0 Å². The van der Waals surface area contributed by atoms with Crippen LogP contribution in [0.3, 0.4) is 0 Å². The van der Waals surface area contributed by atoms with Gasteiger partial charge in [-0.25, -0.2) is 4.98 Å². The lowest BCUT2D eigenvalue weighted by molar-refractivity contribution is 0.102. The standard InChI is InChI=1S/C20H20ClN5OS/c1-13-5-6-15(21)10-16(13)23-19(27)17-11-18(25(2)24-17)14-4-3-8-26(12-14)20-22-7-9-28-20/h4-7,9-11H,3,8,12H2,1-2H3,(H,23,27). The first-order valence-corrected chi connectivity index (χ1v) is 10.2. The molecule has 144 valence electrons. The van der Waals surface area contributed by atoms with Crippen LogP contribution in [0, 0.1) is 6.92 Å². The van der Waals surface area contributed by atoms with Crippen LogP contribution in [-0.4, -0.2) is 33.8 Å². The van der Waals surface area contributed by atoms with E-state index >= 15 is 0 Å². The zero-order valence-corrected chi connectivity index (χ0v) is 17.2. The highest BCUT2D eigenvalue weighted by Gasteiger charge is 2.21. The summed E-state index contributed by atoms with van der Waals surface area (Å²) >= 11 is 7.68. The predicted octanol–water partition coefficient (Wildman–Crippen LogP) is 4.38. The fourth-order valence-corrected chi connectivity index (χ4v) is 4.10. The van der Waals surface area contributed by atoms with Crippen LogP contribution < -0.4 is 10.2 Å². The molecule has 1 aromatic carbocycles. The number of carbonyl (C=O) groups is 1. The van der Waals surface area contributed by atoms with E-state index in [0.29, 0.717) is 16.4 Å². The second-order valence-electron chi connectivity index (χ2n) is 6.71. The summed E-state index contributed by atoms with van der Waals surface area (Å²) in [6.07, 6.45) is 4.97. The van der Waals surface area contributed by atoms with Crippen molar-refractivity contribution < 1.29 is 4.79 Å². The molecule has 3 aromatic rings.